The number of hydrogen-bond acceptors (Lipinski definition) is 3. The van der Waals surface area contributed by atoms with Gasteiger partial charge in [0.2, 0.25) is 5.91 Å². The molecule has 1 rings (SSSR count). The number of aromatic amines is 1. The molecule has 0 fully saturated rings. The second-order valence-corrected chi connectivity index (χ2v) is 3.40. The SMILES string of the molecule is Cc1cc(NC(=O)C(C)CCN)n[nH]1. The van der Waals surface area contributed by atoms with Crippen LogP contribution in [0.1, 0.15) is 19.0 Å². The maximum atomic E-state index is 11.5. The molecule has 0 saturated carbocycles. The number of aromatic nitrogens is 2. The first-order valence-electron chi connectivity index (χ1n) is 4.66. The minimum Gasteiger partial charge on any atom is -0.330 e. The number of H-pyrrole nitrogens is 1. The lowest BCUT2D eigenvalue weighted by molar-refractivity contribution is -0.119. The highest BCUT2D eigenvalue weighted by molar-refractivity contribution is 5.91. The van der Waals surface area contributed by atoms with Gasteiger partial charge in [-0.2, -0.15) is 5.10 Å². The van der Waals surface area contributed by atoms with Crippen LogP contribution in [0, 0.1) is 12.8 Å². The Morgan fingerprint density at radius 1 is 1.79 bits per heavy atom. The molecule has 1 aromatic heterocycles. The van der Waals surface area contributed by atoms with E-state index in [-0.39, 0.29) is 11.8 Å². The van der Waals surface area contributed by atoms with Crippen molar-refractivity contribution in [2.24, 2.45) is 11.7 Å². The van der Waals surface area contributed by atoms with Gasteiger partial charge in [0.25, 0.3) is 0 Å². The largest absolute Gasteiger partial charge is 0.330 e. The minimum absolute atomic E-state index is 0.0399. The number of carbonyl (C=O) groups excluding carboxylic acids is 1. The zero-order valence-corrected chi connectivity index (χ0v) is 8.50. The Labute approximate surface area is 83.1 Å². The van der Waals surface area contributed by atoms with Crippen molar-refractivity contribution in [1.82, 2.24) is 10.2 Å². The molecule has 1 heterocycles. The number of carbonyl (C=O) groups is 1. The molecule has 0 aliphatic heterocycles. The fourth-order valence-electron chi connectivity index (χ4n) is 1.11. The lowest BCUT2D eigenvalue weighted by Gasteiger charge is -2.08. The molecule has 14 heavy (non-hydrogen) atoms. The van der Waals surface area contributed by atoms with Crippen molar-refractivity contribution in [3.8, 4) is 0 Å². The summed E-state index contributed by atoms with van der Waals surface area (Å²) in [6.45, 7) is 4.25. The van der Waals surface area contributed by atoms with Crippen molar-refractivity contribution >= 4 is 11.7 Å². The zero-order valence-electron chi connectivity index (χ0n) is 8.50. The monoisotopic (exact) mass is 196 g/mol. The van der Waals surface area contributed by atoms with Crippen molar-refractivity contribution in [3.63, 3.8) is 0 Å². The van der Waals surface area contributed by atoms with Crippen LogP contribution in [0.25, 0.3) is 0 Å². The Bertz CT molecular complexity index is 308. The van der Waals surface area contributed by atoms with Crippen LogP contribution in [-0.2, 0) is 4.79 Å². The Morgan fingerprint density at radius 3 is 3.00 bits per heavy atom. The third-order valence-corrected chi connectivity index (χ3v) is 2.00. The van der Waals surface area contributed by atoms with E-state index in [1.807, 2.05) is 13.8 Å². The van der Waals surface area contributed by atoms with Gasteiger partial charge in [-0.25, -0.2) is 0 Å². The van der Waals surface area contributed by atoms with Crippen LogP contribution >= 0.6 is 0 Å². The van der Waals surface area contributed by atoms with Crippen LogP contribution in [0.4, 0.5) is 5.82 Å². The van der Waals surface area contributed by atoms with Crippen molar-refractivity contribution in [3.05, 3.63) is 11.8 Å². The fraction of sp³-hybridized carbons (Fsp3) is 0.556. The van der Waals surface area contributed by atoms with Crippen LogP contribution in [-0.4, -0.2) is 22.6 Å². The van der Waals surface area contributed by atoms with E-state index in [0.717, 1.165) is 5.69 Å². The Kier molecular flexibility index (Phi) is 3.64. The molecule has 0 aromatic carbocycles. The molecular formula is C9H16N4O. The third-order valence-electron chi connectivity index (χ3n) is 2.00. The van der Waals surface area contributed by atoms with Gasteiger partial charge in [-0.15, -0.1) is 0 Å². The summed E-state index contributed by atoms with van der Waals surface area (Å²) < 4.78 is 0. The van der Waals surface area contributed by atoms with Gasteiger partial charge in [0.15, 0.2) is 5.82 Å². The molecule has 0 radical (unpaired) electrons. The Hall–Kier alpha value is -1.36. The van der Waals surface area contributed by atoms with E-state index in [2.05, 4.69) is 15.5 Å². The van der Waals surface area contributed by atoms with Gasteiger partial charge >= 0.3 is 0 Å². The molecule has 0 aliphatic rings. The van der Waals surface area contributed by atoms with Gasteiger partial charge in [-0.1, -0.05) is 6.92 Å². The summed E-state index contributed by atoms with van der Waals surface area (Å²) in [5.74, 6) is 0.454. The summed E-state index contributed by atoms with van der Waals surface area (Å²) in [7, 11) is 0. The first-order valence-corrected chi connectivity index (χ1v) is 4.66. The predicted molar refractivity (Wildman–Crippen MR) is 54.8 cm³/mol. The van der Waals surface area contributed by atoms with E-state index in [9.17, 15) is 4.79 Å². The molecule has 78 valence electrons. The van der Waals surface area contributed by atoms with Gasteiger partial charge in [0.1, 0.15) is 0 Å². The van der Waals surface area contributed by atoms with E-state index < -0.39 is 0 Å². The number of rotatable bonds is 4. The van der Waals surface area contributed by atoms with Crippen LogP contribution in [0.3, 0.4) is 0 Å². The van der Waals surface area contributed by atoms with E-state index in [1.165, 1.54) is 0 Å². The van der Waals surface area contributed by atoms with Crippen molar-refractivity contribution in [1.29, 1.82) is 0 Å². The van der Waals surface area contributed by atoms with Gasteiger partial charge < -0.3 is 11.1 Å². The predicted octanol–water partition coefficient (Wildman–Crippen LogP) is 0.642. The third kappa shape index (κ3) is 2.85. The molecule has 0 aliphatic carbocycles. The van der Waals surface area contributed by atoms with Gasteiger partial charge in [0.05, 0.1) is 0 Å². The number of aryl methyl sites for hydroxylation is 1. The first-order chi connectivity index (χ1) is 6.63. The molecule has 1 atom stereocenters. The lowest BCUT2D eigenvalue weighted by Crippen LogP contribution is -2.22. The van der Waals surface area contributed by atoms with E-state index in [0.29, 0.717) is 18.8 Å². The van der Waals surface area contributed by atoms with E-state index in [4.69, 9.17) is 5.73 Å². The Balaban J connectivity index is 2.48. The van der Waals surface area contributed by atoms with E-state index in [1.54, 1.807) is 6.07 Å². The van der Waals surface area contributed by atoms with Crippen LogP contribution in [0.15, 0.2) is 6.07 Å². The molecule has 5 heteroatoms. The lowest BCUT2D eigenvalue weighted by atomic mass is 10.1. The maximum absolute atomic E-state index is 11.5. The highest BCUT2D eigenvalue weighted by atomic mass is 16.1. The molecule has 1 aromatic rings. The molecule has 0 saturated heterocycles. The summed E-state index contributed by atoms with van der Waals surface area (Å²) in [6, 6.07) is 1.78. The van der Waals surface area contributed by atoms with Crippen molar-refractivity contribution < 1.29 is 4.79 Å². The maximum Gasteiger partial charge on any atom is 0.228 e. The number of nitrogens with one attached hydrogen (secondary N) is 2. The molecule has 1 unspecified atom stereocenters. The van der Waals surface area contributed by atoms with Gasteiger partial charge in [-0.3, -0.25) is 9.89 Å². The van der Waals surface area contributed by atoms with Crippen LogP contribution < -0.4 is 11.1 Å². The van der Waals surface area contributed by atoms with Crippen LogP contribution in [0.5, 0.6) is 0 Å². The molecule has 5 nitrogen and oxygen atoms in total. The quantitative estimate of drug-likeness (QED) is 0.660. The summed E-state index contributed by atoms with van der Waals surface area (Å²) in [4.78, 5) is 11.5. The van der Waals surface area contributed by atoms with Crippen molar-refractivity contribution in [2.75, 3.05) is 11.9 Å². The number of nitrogens with two attached hydrogens (primary N) is 1. The topological polar surface area (TPSA) is 83.8 Å². The molecule has 1 amide bonds. The number of hydrogen-bond donors (Lipinski definition) is 3. The summed E-state index contributed by atoms with van der Waals surface area (Å²) in [5.41, 5.74) is 6.29. The Morgan fingerprint density at radius 2 is 2.50 bits per heavy atom. The average molecular weight is 196 g/mol. The second kappa shape index (κ2) is 4.76. The molecule has 4 N–H and O–H groups in total. The average Bonchev–Trinajstić information content (AvgIpc) is 2.51. The van der Waals surface area contributed by atoms with Gasteiger partial charge in [0, 0.05) is 17.7 Å². The second-order valence-electron chi connectivity index (χ2n) is 3.40. The standard InChI is InChI=1S/C9H16N4O/c1-6(3-4-10)9(14)11-8-5-7(2)12-13-8/h5-6H,3-4,10H2,1-2H3,(H2,11,12,13,14). The zero-order chi connectivity index (χ0) is 10.6. The smallest absolute Gasteiger partial charge is 0.228 e. The fourth-order valence-corrected chi connectivity index (χ4v) is 1.11. The van der Waals surface area contributed by atoms with Crippen LogP contribution in [0.2, 0.25) is 0 Å². The van der Waals surface area contributed by atoms with Crippen molar-refractivity contribution in [2.45, 2.75) is 20.3 Å². The minimum atomic E-state index is -0.0722. The molecular weight excluding hydrogens is 180 g/mol. The summed E-state index contributed by atoms with van der Waals surface area (Å²) >= 11 is 0. The number of amides is 1. The van der Waals surface area contributed by atoms with E-state index >= 15 is 0 Å². The normalized spacial score (nSPS) is 12.5. The summed E-state index contributed by atoms with van der Waals surface area (Å²) in [5, 5.41) is 9.38. The highest BCUT2D eigenvalue weighted by Crippen LogP contribution is 2.07. The number of anilines is 1. The molecule has 0 bridgehead atoms. The summed E-state index contributed by atoms with van der Waals surface area (Å²) in [6.07, 6.45) is 0.690. The number of nitrogens with zero attached hydrogens (tertiary/aromatic N) is 1. The van der Waals surface area contributed by atoms with Gasteiger partial charge in [-0.05, 0) is 19.9 Å². The highest BCUT2D eigenvalue weighted by Gasteiger charge is 2.12. The molecule has 0 spiro atoms. The first kappa shape index (κ1) is 10.7.